The Balaban J connectivity index is 3.10. The Morgan fingerprint density at radius 3 is 2.00 bits per heavy atom. The number of hydrogen-bond acceptors (Lipinski definition) is 3. The molecule has 1 aliphatic carbocycles. The van der Waals surface area contributed by atoms with Crippen LogP contribution in [0.3, 0.4) is 0 Å². The van der Waals surface area contributed by atoms with Gasteiger partial charge in [-0.3, -0.25) is 4.79 Å². The first-order valence-electron chi connectivity index (χ1n) is 3.62. The van der Waals surface area contributed by atoms with Gasteiger partial charge in [0.2, 0.25) is 0 Å². The number of carbonyl (C=O) groups is 3. The molecule has 0 aromatic heterocycles. The normalized spacial score (nSPS) is 19.9. The Hall–Kier alpha value is -2.07. The van der Waals surface area contributed by atoms with Gasteiger partial charge in [-0.15, -0.1) is 0 Å². The minimum atomic E-state index is -1.45. The van der Waals surface area contributed by atoms with Crippen molar-refractivity contribution in [1.29, 1.82) is 0 Å². The lowest BCUT2D eigenvalue weighted by Crippen LogP contribution is -2.19. The van der Waals surface area contributed by atoms with Crippen molar-refractivity contribution in [3.8, 4) is 0 Å². The molecule has 1 rings (SSSR count). The molecule has 0 radical (unpaired) electrons. The summed E-state index contributed by atoms with van der Waals surface area (Å²) in [5.41, 5.74) is 1.26. The van der Waals surface area contributed by atoms with Gasteiger partial charge in [0.25, 0.3) is 0 Å². The molecule has 0 aromatic rings. The van der Waals surface area contributed by atoms with E-state index < -0.39 is 29.4 Å². The van der Waals surface area contributed by atoms with Gasteiger partial charge in [0.1, 0.15) is 5.92 Å². The molecule has 0 amide bonds. The maximum atomic E-state index is 10.6. The number of carboxylic acid groups (broad SMARTS) is 3. The van der Waals surface area contributed by atoms with Crippen LogP contribution in [-0.2, 0) is 14.4 Å². The molecule has 1 aliphatic rings. The first-order valence-corrected chi connectivity index (χ1v) is 3.62. The van der Waals surface area contributed by atoms with Crippen LogP contribution in [0.15, 0.2) is 16.9 Å². The van der Waals surface area contributed by atoms with Crippen LogP contribution < -0.4 is 0 Å². The van der Waals surface area contributed by atoms with E-state index in [1.807, 2.05) is 0 Å². The molecule has 1 unspecified atom stereocenters. The van der Waals surface area contributed by atoms with Gasteiger partial charge in [-0.1, -0.05) is 5.73 Å². The third kappa shape index (κ3) is 1.65. The molecule has 0 saturated heterocycles. The highest BCUT2D eigenvalue weighted by Gasteiger charge is 2.34. The fraction of sp³-hybridized carbons (Fsp3) is 0.250. The Labute approximate surface area is 77.8 Å². The number of carboxylic acids is 3. The summed E-state index contributed by atoms with van der Waals surface area (Å²) in [5, 5.41) is 25.7. The molecule has 14 heavy (non-hydrogen) atoms. The van der Waals surface area contributed by atoms with E-state index in [2.05, 4.69) is 5.73 Å². The van der Waals surface area contributed by atoms with Gasteiger partial charge in [0.15, 0.2) is 0 Å². The van der Waals surface area contributed by atoms with E-state index in [4.69, 9.17) is 15.3 Å². The SMILES string of the molecule is O=C(O)C1=C=C(C(=O)O)C(C(=O)O)C1. The summed E-state index contributed by atoms with van der Waals surface area (Å²) < 4.78 is 0. The largest absolute Gasteiger partial charge is 0.481 e. The van der Waals surface area contributed by atoms with E-state index in [1.54, 1.807) is 0 Å². The molecule has 0 spiro atoms. The fourth-order valence-electron chi connectivity index (χ4n) is 1.16. The highest BCUT2D eigenvalue weighted by Crippen LogP contribution is 2.26. The van der Waals surface area contributed by atoms with Gasteiger partial charge in [-0.2, -0.15) is 0 Å². The zero-order chi connectivity index (χ0) is 10.9. The van der Waals surface area contributed by atoms with Crippen LogP contribution >= 0.6 is 0 Å². The zero-order valence-electron chi connectivity index (χ0n) is 6.85. The minimum Gasteiger partial charge on any atom is -0.481 e. The van der Waals surface area contributed by atoms with Crippen molar-refractivity contribution in [2.24, 2.45) is 5.92 Å². The summed E-state index contributed by atoms with van der Waals surface area (Å²) in [6.07, 6.45) is -0.327. The maximum Gasteiger partial charge on any atom is 0.340 e. The van der Waals surface area contributed by atoms with Gasteiger partial charge in [-0.25, -0.2) is 9.59 Å². The lowest BCUT2D eigenvalue weighted by Gasteiger charge is -2.04. The molecule has 1 atom stereocenters. The third-order valence-electron chi connectivity index (χ3n) is 1.83. The summed E-state index contributed by atoms with van der Waals surface area (Å²) >= 11 is 0. The molecule has 0 aromatic carbocycles. The first-order chi connectivity index (χ1) is 6.43. The van der Waals surface area contributed by atoms with E-state index in [9.17, 15) is 14.4 Å². The van der Waals surface area contributed by atoms with E-state index in [0.29, 0.717) is 0 Å². The highest BCUT2D eigenvalue weighted by atomic mass is 16.4. The smallest absolute Gasteiger partial charge is 0.340 e. The second-order valence-electron chi connectivity index (χ2n) is 2.72. The molecule has 0 bridgehead atoms. The summed E-state index contributed by atoms with van der Waals surface area (Å²) in [6.45, 7) is 0. The third-order valence-corrected chi connectivity index (χ3v) is 1.83. The summed E-state index contributed by atoms with van der Waals surface area (Å²) in [6, 6.07) is 0. The Morgan fingerprint density at radius 2 is 1.71 bits per heavy atom. The van der Waals surface area contributed by atoms with Crippen molar-refractivity contribution in [1.82, 2.24) is 0 Å². The van der Waals surface area contributed by atoms with Crippen LogP contribution in [0.25, 0.3) is 0 Å². The van der Waals surface area contributed by atoms with Crippen LogP contribution in [0.5, 0.6) is 0 Å². The van der Waals surface area contributed by atoms with E-state index >= 15 is 0 Å². The topological polar surface area (TPSA) is 112 Å². The maximum absolute atomic E-state index is 10.6. The first kappa shape index (κ1) is 10.0. The van der Waals surface area contributed by atoms with Crippen molar-refractivity contribution >= 4 is 17.9 Å². The summed E-state index contributed by atoms with van der Waals surface area (Å²) in [7, 11) is 0. The molecular weight excluding hydrogens is 192 g/mol. The van der Waals surface area contributed by atoms with Gasteiger partial charge < -0.3 is 15.3 Å². The van der Waals surface area contributed by atoms with Crippen LogP contribution in [0.1, 0.15) is 6.42 Å². The lowest BCUT2D eigenvalue weighted by molar-refractivity contribution is -0.143. The second kappa shape index (κ2) is 3.35. The Kier molecular flexibility index (Phi) is 2.40. The van der Waals surface area contributed by atoms with Crippen LogP contribution in [0, 0.1) is 5.92 Å². The lowest BCUT2D eigenvalue weighted by atomic mass is 9.99. The number of hydrogen-bond donors (Lipinski definition) is 3. The van der Waals surface area contributed by atoms with Crippen molar-refractivity contribution in [3.63, 3.8) is 0 Å². The quantitative estimate of drug-likeness (QED) is 0.537. The van der Waals surface area contributed by atoms with Gasteiger partial charge in [-0.05, 0) is 0 Å². The van der Waals surface area contributed by atoms with Crippen LogP contribution in [0.4, 0.5) is 0 Å². The van der Waals surface area contributed by atoms with Gasteiger partial charge in [0, 0.05) is 6.42 Å². The molecule has 3 N–H and O–H groups in total. The Morgan fingerprint density at radius 1 is 1.14 bits per heavy atom. The molecule has 0 fully saturated rings. The zero-order valence-corrected chi connectivity index (χ0v) is 6.85. The molecular formula is C8H6O6. The number of rotatable bonds is 3. The van der Waals surface area contributed by atoms with E-state index in [-0.39, 0.29) is 12.0 Å². The Bertz CT molecular complexity index is 385. The van der Waals surface area contributed by atoms with Crippen molar-refractivity contribution in [2.75, 3.05) is 0 Å². The average Bonchev–Trinajstić information content (AvgIpc) is 2.47. The monoisotopic (exact) mass is 198 g/mol. The summed E-state index contributed by atoms with van der Waals surface area (Å²) in [5.74, 6) is -5.45. The van der Waals surface area contributed by atoms with E-state index in [0.717, 1.165) is 0 Å². The van der Waals surface area contributed by atoms with Crippen molar-refractivity contribution < 1.29 is 29.7 Å². The standard InChI is InChI=1S/C8H6O6/c9-6(10)3-1-4(7(11)12)5(2-3)8(13)14/h4H,1H2,(H,9,10)(H,11,12)(H,13,14). The van der Waals surface area contributed by atoms with Crippen LogP contribution in [0.2, 0.25) is 0 Å². The van der Waals surface area contributed by atoms with Crippen molar-refractivity contribution in [3.05, 3.63) is 16.9 Å². The molecule has 6 nitrogen and oxygen atoms in total. The highest BCUT2D eigenvalue weighted by molar-refractivity contribution is 5.98. The average molecular weight is 198 g/mol. The predicted octanol–water partition coefficient (Wildman–Crippen LogP) is -0.288. The van der Waals surface area contributed by atoms with E-state index in [1.165, 1.54) is 0 Å². The van der Waals surface area contributed by atoms with Crippen LogP contribution in [-0.4, -0.2) is 33.2 Å². The van der Waals surface area contributed by atoms with Crippen molar-refractivity contribution in [2.45, 2.75) is 6.42 Å². The molecule has 0 saturated carbocycles. The second-order valence-corrected chi connectivity index (χ2v) is 2.72. The fourth-order valence-corrected chi connectivity index (χ4v) is 1.16. The number of aliphatic carboxylic acids is 3. The van der Waals surface area contributed by atoms with Gasteiger partial charge >= 0.3 is 17.9 Å². The summed E-state index contributed by atoms with van der Waals surface area (Å²) in [4.78, 5) is 31.5. The minimum absolute atomic E-state index is 0.310. The molecule has 0 aliphatic heterocycles. The molecule has 74 valence electrons. The molecule has 0 heterocycles. The predicted molar refractivity (Wildman–Crippen MR) is 41.6 cm³/mol. The van der Waals surface area contributed by atoms with Gasteiger partial charge in [0.05, 0.1) is 11.1 Å². The molecule has 6 heteroatoms.